The number of allylic oxidation sites excluding steroid dienone is 1. The third-order valence-corrected chi connectivity index (χ3v) is 5.28. The zero-order valence-corrected chi connectivity index (χ0v) is 11.5. The Kier molecular flexibility index (Phi) is 2.27. The maximum Gasteiger partial charge on any atom is 0.255 e. The first-order chi connectivity index (χ1) is 9.25. The van der Waals surface area contributed by atoms with Crippen molar-refractivity contribution in [3.63, 3.8) is 0 Å². The molecule has 3 aliphatic rings. The highest BCUT2D eigenvalue weighted by Crippen LogP contribution is 2.42. The predicted octanol–water partition coefficient (Wildman–Crippen LogP) is 2.69. The van der Waals surface area contributed by atoms with Gasteiger partial charge in [0.2, 0.25) is 16.3 Å². The highest BCUT2D eigenvalue weighted by Gasteiger charge is 2.41. The van der Waals surface area contributed by atoms with Crippen molar-refractivity contribution in [2.45, 2.75) is 19.4 Å². The molecule has 0 fully saturated rings. The number of rotatable bonds is 0. The van der Waals surface area contributed by atoms with E-state index in [1.54, 1.807) is 11.4 Å². The van der Waals surface area contributed by atoms with Crippen LogP contribution in [-0.4, -0.2) is 22.7 Å². The van der Waals surface area contributed by atoms with Crippen LogP contribution < -0.4 is 0 Å². The molecular formula is C16H14NOS+. The van der Waals surface area contributed by atoms with Crippen molar-refractivity contribution in [3.05, 3.63) is 57.5 Å². The molecule has 2 nitrogen and oxygen atoms in total. The molecule has 3 heteroatoms. The molecule has 0 saturated heterocycles. The summed E-state index contributed by atoms with van der Waals surface area (Å²) in [7, 11) is 0. The summed E-state index contributed by atoms with van der Waals surface area (Å²) in [5.74, 6) is 0.187. The van der Waals surface area contributed by atoms with Crippen molar-refractivity contribution in [2.75, 3.05) is 6.54 Å². The van der Waals surface area contributed by atoms with E-state index in [9.17, 15) is 4.79 Å². The Morgan fingerprint density at radius 2 is 2.16 bits per heavy atom. The van der Waals surface area contributed by atoms with E-state index >= 15 is 0 Å². The fourth-order valence-corrected chi connectivity index (χ4v) is 4.19. The first-order valence-corrected chi connectivity index (χ1v) is 7.43. The smallest absolute Gasteiger partial charge is 0.255 e. The summed E-state index contributed by atoms with van der Waals surface area (Å²) in [5.41, 5.74) is 4.79. The van der Waals surface area contributed by atoms with Crippen LogP contribution in [0.3, 0.4) is 0 Å². The van der Waals surface area contributed by atoms with Crippen LogP contribution in [0.2, 0.25) is 0 Å². The van der Waals surface area contributed by atoms with Gasteiger partial charge in [0.05, 0.1) is 12.6 Å². The molecule has 19 heavy (non-hydrogen) atoms. The van der Waals surface area contributed by atoms with E-state index in [0.717, 1.165) is 18.5 Å². The second-order valence-corrected chi connectivity index (χ2v) is 6.21. The van der Waals surface area contributed by atoms with Gasteiger partial charge in [-0.15, -0.1) is 0 Å². The molecule has 0 aliphatic carbocycles. The van der Waals surface area contributed by atoms with Crippen LogP contribution in [0.5, 0.6) is 0 Å². The molecule has 3 aliphatic heterocycles. The van der Waals surface area contributed by atoms with Gasteiger partial charge in [-0.25, -0.2) is 0 Å². The number of fused-ring (bicyclic) bond motifs is 4. The van der Waals surface area contributed by atoms with Gasteiger partial charge in [0.15, 0.2) is 5.37 Å². The van der Waals surface area contributed by atoms with Gasteiger partial charge in [0.1, 0.15) is 0 Å². The van der Waals surface area contributed by atoms with E-state index in [1.165, 1.54) is 21.6 Å². The van der Waals surface area contributed by atoms with Crippen molar-refractivity contribution in [1.82, 2.24) is 4.90 Å². The number of hydrogen-bond acceptors (Lipinski definition) is 1. The minimum atomic E-state index is 0.187. The molecule has 0 N–H and O–H groups in total. The zero-order valence-electron chi connectivity index (χ0n) is 10.7. The van der Waals surface area contributed by atoms with E-state index in [4.69, 9.17) is 0 Å². The molecule has 3 heterocycles. The van der Waals surface area contributed by atoms with Crippen LogP contribution in [0.4, 0.5) is 0 Å². The van der Waals surface area contributed by atoms with Gasteiger partial charge in [-0.2, -0.15) is 0 Å². The SMILES string of the molecule is CC1=C2[S+]=CC=C2CN2C(=O)c3ccccc3[C@@H]2C1. The van der Waals surface area contributed by atoms with Gasteiger partial charge >= 0.3 is 0 Å². The van der Waals surface area contributed by atoms with E-state index in [-0.39, 0.29) is 11.9 Å². The molecule has 1 amide bonds. The molecule has 0 bridgehead atoms. The topological polar surface area (TPSA) is 20.3 Å². The summed E-state index contributed by atoms with van der Waals surface area (Å²) in [6.45, 7) is 2.94. The van der Waals surface area contributed by atoms with Crippen LogP contribution in [0.1, 0.15) is 35.3 Å². The van der Waals surface area contributed by atoms with Crippen molar-refractivity contribution in [2.24, 2.45) is 0 Å². The van der Waals surface area contributed by atoms with Gasteiger partial charge in [-0.05, 0) is 30.5 Å². The molecule has 1 aromatic carbocycles. The van der Waals surface area contributed by atoms with Crippen molar-refractivity contribution in [3.8, 4) is 0 Å². The Balaban J connectivity index is 1.85. The summed E-state index contributed by atoms with van der Waals surface area (Å²) >= 11 is 1.79. The Morgan fingerprint density at radius 3 is 3.05 bits per heavy atom. The average Bonchev–Trinajstić information content (AvgIpc) is 2.95. The number of benzene rings is 1. The summed E-state index contributed by atoms with van der Waals surface area (Å²) < 4.78 is 0. The molecule has 0 saturated carbocycles. The second-order valence-electron chi connectivity index (χ2n) is 5.30. The highest BCUT2D eigenvalue weighted by atomic mass is 32.1. The summed E-state index contributed by atoms with van der Waals surface area (Å²) in [6, 6.07) is 8.27. The van der Waals surface area contributed by atoms with Crippen LogP contribution in [0.25, 0.3) is 0 Å². The van der Waals surface area contributed by atoms with Gasteiger partial charge in [-0.1, -0.05) is 18.2 Å². The standard InChI is InChI=1S/C16H14NOS/c1-10-8-14-12-4-2-3-5-13(12)16(18)17(14)9-11-6-7-19-15(10)11/h2-7,14H,8-9H2,1H3/q+1/t14-/m0/s1. The maximum absolute atomic E-state index is 12.5. The summed E-state index contributed by atoms with van der Waals surface area (Å²) in [4.78, 5) is 16.0. The summed E-state index contributed by atoms with van der Waals surface area (Å²) in [5, 5.41) is 2.13. The Hall–Kier alpha value is -1.74. The molecule has 1 atom stereocenters. The molecular weight excluding hydrogens is 254 g/mol. The number of amides is 1. The van der Waals surface area contributed by atoms with E-state index < -0.39 is 0 Å². The third-order valence-electron chi connectivity index (χ3n) is 4.16. The Labute approximate surface area is 116 Å². The van der Waals surface area contributed by atoms with Crippen molar-refractivity contribution >= 4 is 22.6 Å². The lowest BCUT2D eigenvalue weighted by atomic mass is 9.99. The first-order valence-electron chi connectivity index (χ1n) is 6.55. The quantitative estimate of drug-likeness (QED) is 0.523. The number of carbonyl (C=O) groups excluding carboxylic acids is 1. The Morgan fingerprint density at radius 1 is 1.32 bits per heavy atom. The number of nitrogens with zero attached hydrogens (tertiary/aromatic N) is 1. The van der Waals surface area contributed by atoms with Gasteiger partial charge in [0.25, 0.3) is 5.91 Å². The molecule has 0 aromatic heterocycles. The van der Waals surface area contributed by atoms with Crippen molar-refractivity contribution < 1.29 is 4.79 Å². The van der Waals surface area contributed by atoms with Gasteiger partial charge in [-0.3, -0.25) is 4.79 Å². The largest absolute Gasteiger partial charge is 0.327 e. The number of carbonyl (C=O) groups is 1. The first kappa shape index (κ1) is 11.1. The van der Waals surface area contributed by atoms with Crippen molar-refractivity contribution in [1.29, 1.82) is 0 Å². The molecule has 1 aromatic rings. The van der Waals surface area contributed by atoms with Crippen LogP contribution >= 0.6 is 0 Å². The zero-order chi connectivity index (χ0) is 13.0. The molecule has 0 spiro atoms. The Bertz CT molecular complexity index is 684. The molecule has 0 unspecified atom stereocenters. The van der Waals surface area contributed by atoms with E-state index in [0.29, 0.717) is 0 Å². The lowest BCUT2D eigenvalue weighted by molar-refractivity contribution is 0.0747. The van der Waals surface area contributed by atoms with Gasteiger partial charge in [0, 0.05) is 17.2 Å². The molecule has 0 radical (unpaired) electrons. The molecule has 94 valence electrons. The van der Waals surface area contributed by atoms with Crippen LogP contribution in [0, 0.1) is 0 Å². The molecule has 4 rings (SSSR count). The normalized spacial score (nSPS) is 24.1. The second kappa shape index (κ2) is 3.87. The monoisotopic (exact) mass is 268 g/mol. The third kappa shape index (κ3) is 1.48. The van der Waals surface area contributed by atoms with Crippen LogP contribution in [-0.2, 0) is 11.4 Å². The highest BCUT2D eigenvalue weighted by molar-refractivity contribution is 7.82. The van der Waals surface area contributed by atoms with E-state index in [2.05, 4.69) is 24.4 Å². The lowest BCUT2D eigenvalue weighted by Crippen LogP contribution is -2.29. The minimum absolute atomic E-state index is 0.187. The summed E-state index contributed by atoms with van der Waals surface area (Å²) in [6.07, 6.45) is 3.11. The fourth-order valence-electron chi connectivity index (χ4n) is 3.25. The minimum Gasteiger partial charge on any atom is -0.327 e. The fraction of sp³-hybridized carbons (Fsp3) is 0.250. The van der Waals surface area contributed by atoms with Gasteiger partial charge < -0.3 is 4.90 Å². The number of hydrogen-bond donors (Lipinski definition) is 0. The predicted molar refractivity (Wildman–Crippen MR) is 79.0 cm³/mol. The van der Waals surface area contributed by atoms with E-state index in [1.807, 2.05) is 23.1 Å². The van der Waals surface area contributed by atoms with Crippen LogP contribution in [0.15, 0.2) is 46.4 Å². The lowest BCUT2D eigenvalue weighted by Gasteiger charge is -2.22. The average molecular weight is 268 g/mol. The maximum atomic E-state index is 12.5.